The lowest BCUT2D eigenvalue weighted by Crippen LogP contribution is -2.09. The van der Waals surface area contributed by atoms with Gasteiger partial charge in [-0.3, -0.25) is 0 Å². The average molecular weight is 247 g/mol. The quantitative estimate of drug-likeness (QED) is 0.771. The van der Waals surface area contributed by atoms with E-state index in [0.717, 1.165) is 36.6 Å². The maximum Gasteiger partial charge on any atom is 0.201 e. The predicted octanol–water partition coefficient (Wildman–Crippen LogP) is 3.10. The number of fused-ring (bicyclic) bond motifs is 1. The van der Waals surface area contributed by atoms with E-state index < -0.39 is 0 Å². The lowest BCUT2D eigenvalue weighted by Gasteiger charge is -2.07. The molecular weight excluding hydrogens is 226 g/mol. The van der Waals surface area contributed by atoms with Gasteiger partial charge in [-0.25, -0.2) is 4.98 Å². The first kappa shape index (κ1) is 12.9. The SMILES string of the molecule is Cc1ccc2nc(NCCCOC(C)C)[nH]c2c1. The number of hydrogen-bond acceptors (Lipinski definition) is 3. The van der Waals surface area contributed by atoms with Crippen LogP contribution in [0.5, 0.6) is 0 Å². The van der Waals surface area contributed by atoms with Crippen molar-refractivity contribution in [3.63, 3.8) is 0 Å². The van der Waals surface area contributed by atoms with Gasteiger partial charge in [-0.1, -0.05) is 6.07 Å². The van der Waals surface area contributed by atoms with Gasteiger partial charge in [0.05, 0.1) is 17.1 Å². The van der Waals surface area contributed by atoms with Gasteiger partial charge in [-0.15, -0.1) is 0 Å². The second-order valence-corrected chi connectivity index (χ2v) is 4.81. The zero-order chi connectivity index (χ0) is 13.0. The number of nitrogens with zero attached hydrogens (tertiary/aromatic N) is 1. The number of nitrogens with one attached hydrogen (secondary N) is 2. The minimum atomic E-state index is 0.305. The number of anilines is 1. The minimum absolute atomic E-state index is 0.305. The van der Waals surface area contributed by atoms with E-state index in [4.69, 9.17) is 4.74 Å². The van der Waals surface area contributed by atoms with Crippen LogP contribution in [0.4, 0.5) is 5.95 Å². The number of imidazole rings is 1. The first-order valence-corrected chi connectivity index (χ1v) is 6.47. The second-order valence-electron chi connectivity index (χ2n) is 4.81. The van der Waals surface area contributed by atoms with Gasteiger partial charge in [-0.2, -0.15) is 0 Å². The molecule has 2 aromatic rings. The Labute approximate surface area is 108 Å². The van der Waals surface area contributed by atoms with Gasteiger partial charge in [0.2, 0.25) is 5.95 Å². The Hall–Kier alpha value is -1.55. The van der Waals surface area contributed by atoms with Crippen LogP contribution in [-0.2, 0) is 4.74 Å². The summed E-state index contributed by atoms with van der Waals surface area (Å²) in [7, 11) is 0. The van der Waals surface area contributed by atoms with E-state index in [-0.39, 0.29) is 0 Å². The summed E-state index contributed by atoms with van der Waals surface area (Å²) < 4.78 is 5.48. The molecule has 0 amide bonds. The van der Waals surface area contributed by atoms with Crippen LogP contribution in [0, 0.1) is 6.92 Å². The molecule has 0 saturated carbocycles. The van der Waals surface area contributed by atoms with Gasteiger partial charge in [0.1, 0.15) is 0 Å². The molecule has 2 N–H and O–H groups in total. The van der Waals surface area contributed by atoms with Crippen molar-refractivity contribution in [1.82, 2.24) is 9.97 Å². The Morgan fingerprint density at radius 2 is 2.22 bits per heavy atom. The Morgan fingerprint density at radius 1 is 1.39 bits per heavy atom. The van der Waals surface area contributed by atoms with E-state index in [1.165, 1.54) is 5.56 Å². The Kier molecular flexibility index (Phi) is 4.20. The molecule has 1 aromatic heterocycles. The molecule has 0 aliphatic rings. The molecule has 0 bridgehead atoms. The third-order valence-corrected chi connectivity index (χ3v) is 2.70. The van der Waals surface area contributed by atoms with Crippen molar-refractivity contribution >= 4 is 17.0 Å². The van der Waals surface area contributed by atoms with Crippen LogP contribution in [0.2, 0.25) is 0 Å². The van der Waals surface area contributed by atoms with Crippen molar-refractivity contribution in [2.24, 2.45) is 0 Å². The van der Waals surface area contributed by atoms with Gasteiger partial charge in [0, 0.05) is 13.2 Å². The van der Waals surface area contributed by atoms with E-state index in [1.54, 1.807) is 0 Å². The third-order valence-electron chi connectivity index (χ3n) is 2.70. The van der Waals surface area contributed by atoms with E-state index in [1.807, 2.05) is 6.07 Å². The Bertz CT molecular complexity index is 505. The van der Waals surface area contributed by atoms with Gasteiger partial charge < -0.3 is 15.0 Å². The molecule has 0 spiro atoms. The molecule has 2 rings (SSSR count). The third kappa shape index (κ3) is 3.47. The molecule has 0 fully saturated rings. The number of aromatic amines is 1. The van der Waals surface area contributed by atoms with Crippen LogP contribution < -0.4 is 5.32 Å². The number of aromatic nitrogens is 2. The zero-order valence-electron chi connectivity index (χ0n) is 11.3. The molecule has 98 valence electrons. The van der Waals surface area contributed by atoms with Crippen molar-refractivity contribution in [3.05, 3.63) is 23.8 Å². The highest BCUT2D eigenvalue weighted by atomic mass is 16.5. The number of ether oxygens (including phenoxy) is 1. The van der Waals surface area contributed by atoms with Crippen molar-refractivity contribution in [2.45, 2.75) is 33.3 Å². The highest BCUT2D eigenvalue weighted by Crippen LogP contribution is 2.15. The van der Waals surface area contributed by atoms with Crippen LogP contribution in [0.1, 0.15) is 25.8 Å². The van der Waals surface area contributed by atoms with Crippen LogP contribution >= 0.6 is 0 Å². The summed E-state index contributed by atoms with van der Waals surface area (Å²) in [4.78, 5) is 7.75. The van der Waals surface area contributed by atoms with Crippen LogP contribution in [0.25, 0.3) is 11.0 Å². The fourth-order valence-corrected chi connectivity index (χ4v) is 1.81. The maximum atomic E-state index is 5.48. The summed E-state index contributed by atoms with van der Waals surface area (Å²) in [5.41, 5.74) is 3.32. The van der Waals surface area contributed by atoms with Gasteiger partial charge >= 0.3 is 0 Å². The normalized spacial score (nSPS) is 11.3. The van der Waals surface area contributed by atoms with E-state index >= 15 is 0 Å². The summed E-state index contributed by atoms with van der Waals surface area (Å²) in [5, 5.41) is 3.28. The minimum Gasteiger partial charge on any atom is -0.379 e. The molecule has 0 aliphatic carbocycles. The summed E-state index contributed by atoms with van der Waals surface area (Å²) in [6.07, 6.45) is 1.29. The smallest absolute Gasteiger partial charge is 0.201 e. The number of H-pyrrole nitrogens is 1. The fourth-order valence-electron chi connectivity index (χ4n) is 1.81. The summed E-state index contributed by atoms with van der Waals surface area (Å²) in [5.74, 6) is 0.833. The molecule has 18 heavy (non-hydrogen) atoms. The van der Waals surface area contributed by atoms with Crippen molar-refractivity contribution in [2.75, 3.05) is 18.5 Å². The molecule has 1 aromatic carbocycles. The van der Waals surface area contributed by atoms with E-state index in [2.05, 4.69) is 48.2 Å². The molecule has 0 atom stereocenters. The molecule has 4 nitrogen and oxygen atoms in total. The lowest BCUT2D eigenvalue weighted by atomic mass is 10.2. The van der Waals surface area contributed by atoms with E-state index in [0.29, 0.717) is 6.10 Å². The zero-order valence-corrected chi connectivity index (χ0v) is 11.3. The largest absolute Gasteiger partial charge is 0.379 e. The molecule has 4 heteroatoms. The number of hydrogen-bond donors (Lipinski definition) is 2. The molecule has 0 saturated heterocycles. The topological polar surface area (TPSA) is 49.9 Å². The first-order valence-electron chi connectivity index (χ1n) is 6.47. The van der Waals surface area contributed by atoms with Gasteiger partial charge in [0.15, 0.2) is 0 Å². The summed E-state index contributed by atoms with van der Waals surface area (Å²) in [6.45, 7) is 7.83. The lowest BCUT2D eigenvalue weighted by molar-refractivity contribution is 0.0787. The number of rotatable bonds is 6. The van der Waals surface area contributed by atoms with E-state index in [9.17, 15) is 0 Å². The van der Waals surface area contributed by atoms with Crippen LogP contribution in [-0.4, -0.2) is 29.2 Å². The highest BCUT2D eigenvalue weighted by Gasteiger charge is 2.01. The standard InChI is InChI=1S/C14H21N3O/c1-10(2)18-8-4-7-15-14-16-12-6-5-11(3)9-13(12)17-14/h5-6,9-10H,4,7-8H2,1-3H3,(H2,15,16,17). The molecular formula is C14H21N3O. The Morgan fingerprint density at radius 3 is 3.00 bits per heavy atom. The maximum absolute atomic E-state index is 5.48. The summed E-state index contributed by atoms with van der Waals surface area (Å²) >= 11 is 0. The van der Waals surface area contributed by atoms with Crippen LogP contribution in [0.15, 0.2) is 18.2 Å². The summed E-state index contributed by atoms with van der Waals surface area (Å²) in [6, 6.07) is 6.22. The molecule has 0 radical (unpaired) electrons. The average Bonchev–Trinajstić information content (AvgIpc) is 2.70. The molecule has 0 aliphatic heterocycles. The van der Waals surface area contributed by atoms with Gasteiger partial charge in [-0.05, 0) is 44.9 Å². The Balaban J connectivity index is 1.84. The van der Waals surface area contributed by atoms with Crippen LogP contribution in [0.3, 0.4) is 0 Å². The number of benzene rings is 1. The highest BCUT2D eigenvalue weighted by molar-refractivity contribution is 5.78. The predicted molar refractivity (Wildman–Crippen MR) is 75.0 cm³/mol. The number of aryl methyl sites for hydroxylation is 1. The van der Waals surface area contributed by atoms with Crippen molar-refractivity contribution < 1.29 is 4.74 Å². The molecule has 0 unspecified atom stereocenters. The monoisotopic (exact) mass is 247 g/mol. The van der Waals surface area contributed by atoms with Gasteiger partial charge in [0.25, 0.3) is 0 Å². The fraction of sp³-hybridized carbons (Fsp3) is 0.500. The second kappa shape index (κ2) is 5.87. The van der Waals surface area contributed by atoms with Crippen molar-refractivity contribution in [3.8, 4) is 0 Å². The molecule has 1 heterocycles. The first-order chi connectivity index (χ1) is 8.65. The van der Waals surface area contributed by atoms with Crippen molar-refractivity contribution in [1.29, 1.82) is 0 Å².